The Bertz CT molecular complexity index is 482. The molecule has 0 bridgehead atoms. The summed E-state index contributed by atoms with van der Waals surface area (Å²) in [6.45, 7) is 3.95. The van der Waals surface area contributed by atoms with Crippen molar-refractivity contribution in [3.05, 3.63) is 35.5 Å². The van der Waals surface area contributed by atoms with Crippen LogP contribution >= 0.6 is 11.6 Å². The highest BCUT2D eigenvalue weighted by atomic mass is 35.5. The van der Waals surface area contributed by atoms with E-state index in [9.17, 15) is 0 Å². The lowest BCUT2D eigenvalue weighted by Gasteiger charge is -2.11. The van der Waals surface area contributed by atoms with Gasteiger partial charge in [-0.3, -0.25) is 0 Å². The molecule has 0 aliphatic rings. The van der Waals surface area contributed by atoms with Gasteiger partial charge in [0.2, 0.25) is 5.88 Å². The maximum Gasteiger partial charge on any atom is 0.221 e. The number of aromatic nitrogens is 1. The molecule has 0 aliphatic carbocycles. The zero-order valence-electron chi connectivity index (χ0n) is 8.70. The van der Waals surface area contributed by atoms with Gasteiger partial charge in [-0.2, -0.15) is 0 Å². The van der Waals surface area contributed by atoms with Crippen LogP contribution in [-0.4, -0.2) is 11.1 Å². The zero-order valence-corrected chi connectivity index (χ0v) is 9.45. The van der Waals surface area contributed by atoms with E-state index in [1.807, 2.05) is 38.1 Å². The van der Waals surface area contributed by atoms with Gasteiger partial charge >= 0.3 is 0 Å². The topological polar surface area (TPSA) is 22.1 Å². The molecule has 2 aromatic rings. The lowest BCUT2D eigenvalue weighted by Crippen LogP contribution is -2.07. The number of halogens is 1. The molecule has 0 amide bonds. The van der Waals surface area contributed by atoms with Crippen molar-refractivity contribution in [2.45, 2.75) is 20.0 Å². The highest BCUT2D eigenvalue weighted by Crippen LogP contribution is 2.28. The molecule has 0 saturated heterocycles. The van der Waals surface area contributed by atoms with Crippen LogP contribution in [0.15, 0.2) is 30.5 Å². The van der Waals surface area contributed by atoms with Gasteiger partial charge in [-0.1, -0.05) is 17.7 Å². The number of rotatable bonds is 2. The smallest absolute Gasteiger partial charge is 0.221 e. The number of hydrogen-bond acceptors (Lipinski definition) is 2. The van der Waals surface area contributed by atoms with E-state index in [0.717, 1.165) is 15.8 Å². The summed E-state index contributed by atoms with van der Waals surface area (Å²) < 4.78 is 5.61. The second-order valence-corrected chi connectivity index (χ2v) is 4.02. The summed E-state index contributed by atoms with van der Waals surface area (Å²) in [6.07, 6.45) is 1.83. The molecule has 1 heterocycles. The summed E-state index contributed by atoms with van der Waals surface area (Å²) in [4.78, 5) is 4.21. The van der Waals surface area contributed by atoms with Crippen LogP contribution in [0.4, 0.5) is 0 Å². The fourth-order valence-electron chi connectivity index (χ4n) is 1.46. The number of fused-ring (bicyclic) bond motifs is 1. The molecule has 1 aromatic carbocycles. The summed E-state index contributed by atoms with van der Waals surface area (Å²) in [5.74, 6) is 0.644. The van der Waals surface area contributed by atoms with E-state index in [2.05, 4.69) is 4.98 Å². The van der Waals surface area contributed by atoms with E-state index in [-0.39, 0.29) is 6.10 Å². The van der Waals surface area contributed by atoms with E-state index in [1.165, 1.54) is 0 Å². The second-order valence-electron chi connectivity index (χ2n) is 3.62. The van der Waals surface area contributed by atoms with E-state index in [1.54, 1.807) is 6.20 Å². The molecule has 15 heavy (non-hydrogen) atoms. The highest BCUT2D eigenvalue weighted by molar-refractivity contribution is 6.35. The third-order valence-electron chi connectivity index (χ3n) is 2.06. The van der Waals surface area contributed by atoms with Crippen LogP contribution in [0.3, 0.4) is 0 Å². The number of hydrogen-bond donors (Lipinski definition) is 0. The molecule has 0 spiro atoms. The fourth-order valence-corrected chi connectivity index (χ4v) is 1.70. The number of ether oxygens (including phenoxy) is 1. The van der Waals surface area contributed by atoms with Crippen molar-refractivity contribution in [3.63, 3.8) is 0 Å². The summed E-state index contributed by atoms with van der Waals surface area (Å²) in [5, 5.41) is 2.66. The third-order valence-corrected chi connectivity index (χ3v) is 2.39. The number of benzene rings is 1. The molecular weight excluding hydrogens is 210 g/mol. The van der Waals surface area contributed by atoms with Crippen molar-refractivity contribution >= 4 is 22.4 Å². The minimum atomic E-state index is 0.113. The molecular formula is C12H12ClNO. The molecule has 0 unspecified atom stereocenters. The Morgan fingerprint density at radius 1 is 1.20 bits per heavy atom. The Labute approximate surface area is 93.8 Å². The Morgan fingerprint density at radius 2 is 2.00 bits per heavy atom. The van der Waals surface area contributed by atoms with Crippen LogP contribution in [0, 0.1) is 0 Å². The predicted molar refractivity (Wildman–Crippen MR) is 62.5 cm³/mol. The maximum atomic E-state index is 6.08. The minimum Gasteiger partial charge on any atom is -0.475 e. The molecule has 2 nitrogen and oxygen atoms in total. The molecule has 2 rings (SSSR count). The summed E-state index contributed by atoms with van der Waals surface area (Å²) in [5.41, 5.74) is 0. The van der Waals surface area contributed by atoms with Gasteiger partial charge in [0.25, 0.3) is 0 Å². The van der Waals surface area contributed by atoms with Gasteiger partial charge in [-0.25, -0.2) is 4.98 Å². The van der Waals surface area contributed by atoms with E-state index >= 15 is 0 Å². The van der Waals surface area contributed by atoms with Crippen LogP contribution in [0.2, 0.25) is 5.02 Å². The van der Waals surface area contributed by atoms with Crippen LogP contribution in [-0.2, 0) is 0 Å². The lowest BCUT2D eigenvalue weighted by atomic mass is 10.2. The molecule has 3 heteroatoms. The molecule has 0 saturated carbocycles. The van der Waals surface area contributed by atoms with E-state index in [0.29, 0.717) is 5.88 Å². The fraction of sp³-hybridized carbons (Fsp3) is 0.250. The minimum absolute atomic E-state index is 0.113. The summed E-state index contributed by atoms with van der Waals surface area (Å²) in [6, 6.07) is 7.62. The summed E-state index contributed by atoms with van der Waals surface area (Å²) in [7, 11) is 0. The van der Waals surface area contributed by atoms with Gasteiger partial charge in [0.05, 0.1) is 6.10 Å². The van der Waals surface area contributed by atoms with Crippen LogP contribution < -0.4 is 4.74 Å². The van der Waals surface area contributed by atoms with Crippen molar-refractivity contribution in [3.8, 4) is 5.88 Å². The monoisotopic (exact) mass is 221 g/mol. The molecule has 0 N–H and O–H groups in total. The van der Waals surface area contributed by atoms with E-state index < -0.39 is 0 Å². The first-order valence-corrected chi connectivity index (χ1v) is 5.26. The average Bonchev–Trinajstić information content (AvgIpc) is 2.19. The van der Waals surface area contributed by atoms with Gasteiger partial charge in [0.15, 0.2) is 0 Å². The first kappa shape index (κ1) is 10.2. The maximum absolute atomic E-state index is 6.08. The normalized spacial score (nSPS) is 10.9. The van der Waals surface area contributed by atoms with Crippen molar-refractivity contribution in [2.24, 2.45) is 0 Å². The third kappa shape index (κ3) is 2.05. The average molecular weight is 222 g/mol. The first-order valence-electron chi connectivity index (χ1n) is 4.88. The van der Waals surface area contributed by atoms with Gasteiger partial charge in [0, 0.05) is 22.0 Å². The summed E-state index contributed by atoms with van der Waals surface area (Å²) >= 11 is 6.08. The molecule has 0 fully saturated rings. The van der Waals surface area contributed by atoms with E-state index in [4.69, 9.17) is 16.3 Å². The lowest BCUT2D eigenvalue weighted by molar-refractivity contribution is 0.236. The Kier molecular flexibility index (Phi) is 2.78. The molecule has 0 aliphatic heterocycles. The zero-order chi connectivity index (χ0) is 10.8. The van der Waals surface area contributed by atoms with Crippen molar-refractivity contribution < 1.29 is 4.74 Å². The Balaban J connectivity index is 2.61. The van der Waals surface area contributed by atoms with Gasteiger partial charge in [-0.05, 0) is 32.0 Å². The first-order chi connectivity index (χ1) is 7.18. The van der Waals surface area contributed by atoms with Crippen LogP contribution in [0.1, 0.15) is 13.8 Å². The van der Waals surface area contributed by atoms with Crippen LogP contribution in [0.5, 0.6) is 5.88 Å². The SMILES string of the molecule is CC(C)Oc1nccc2c(Cl)cccc12. The highest BCUT2D eigenvalue weighted by Gasteiger charge is 2.06. The largest absolute Gasteiger partial charge is 0.475 e. The quantitative estimate of drug-likeness (QED) is 0.772. The van der Waals surface area contributed by atoms with Gasteiger partial charge in [-0.15, -0.1) is 0 Å². The van der Waals surface area contributed by atoms with Crippen molar-refractivity contribution in [1.82, 2.24) is 4.98 Å². The van der Waals surface area contributed by atoms with Crippen molar-refractivity contribution in [1.29, 1.82) is 0 Å². The Morgan fingerprint density at radius 3 is 2.73 bits per heavy atom. The van der Waals surface area contributed by atoms with Gasteiger partial charge < -0.3 is 4.74 Å². The van der Waals surface area contributed by atoms with Gasteiger partial charge in [0.1, 0.15) is 0 Å². The molecule has 1 aromatic heterocycles. The standard InChI is InChI=1S/C12H12ClNO/c1-8(2)15-12-10-4-3-5-11(13)9(10)6-7-14-12/h3-8H,1-2H3. The van der Waals surface area contributed by atoms with Crippen molar-refractivity contribution in [2.75, 3.05) is 0 Å². The molecule has 0 atom stereocenters. The predicted octanol–water partition coefficient (Wildman–Crippen LogP) is 3.68. The number of nitrogens with zero attached hydrogens (tertiary/aromatic N) is 1. The molecule has 78 valence electrons. The number of pyridine rings is 1. The Hall–Kier alpha value is -1.28. The molecule has 0 radical (unpaired) electrons. The second kappa shape index (κ2) is 4.07. The van der Waals surface area contributed by atoms with Crippen LogP contribution in [0.25, 0.3) is 10.8 Å².